The van der Waals surface area contributed by atoms with Gasteiger partial charge in [0.15, 0.2) is 0 Å². The number of nitrogens with one attached hydrogen (secondary N) is 1. The summed E-state index contributed by atoms with van der Waals surface area (Å²) in [4.78, 5) is 0. The number of hydrogen-bond donors (Lipinski definition) is 1. The Labute approximate surface area is 104 Å². The van der Waals surface area contributed by atoms with Gasteiger partial charge in [0.1, 0.15) is 0 Å². The highest BCUT2D eigenvalue weighted by Crippen LogP contribution is 2.29. The molecule has 0 spiro atoms. The van der Waals surface area contributed by atoms with Crippen molar-refractivity contribution in [1.82, 2.24) is 15.1 Å². The number of rotatable bonds is 4. The maximum absolute atomic E-state index is 4.71. The van der Waals surface area contributed by atoms with Gasteiger partial charge in [-0.3, -0.25) is 4.68 Å². The molecule has 3 heteroatoms. The molecule has 0 amide bonds. The Morgan fingerprint density at radius 3 is 2.82 bits per heavy atom. The third kappa shape index (κ3) is 2.71. The van der Waals surface area contributed by atoms with Crippen molar-refractivity contribution in [2.45, 2.75) is 64.1 Å². The van der Waals surface area contributed by atoms with E-state index in [9.17, 15) is 0 Å². The van der Waals surface area contributed by atoms with Crippen molar-refractivity contribution in [3.05, 3.63) is 18.0 Å². The van der Waals surface area contributed by atoms with Gasteiger partial charge < -0.3 is 5.32 Å². The second-order valence-electron chi connectivity index (χ2n) is 5.78. The van der Waals surface area contributed by atoms with Crippen molar-refractivity contribution in [3.8, 4) is 0 Å². The van der Waals surface area contributed by atoms with Gasteiger partial charge in [-0.15, -0.1) is 0 Å². The SMILES string of the molecule is CC1CC1NCc1ccn(C2CCCCC2)n1. The Hall–Kier alpha value is -0.830. The van der Waals surface area contributed by atoms with Gasteiger partial charge in [0.05, 0.1) is 11.7 Å². The summed E-state index contributed by atoms with van der Waals surface area (Å²) >= 11 is 0. The van der Waals surface area contributed by atoms with E-state index in [4.69, 9.17) is 5.10 Å². The predicted octanol–water partition coefficient (Wildman–Crippen LogP) is 2.89. The lowest BCUT2D eigenvalue weighted by molar-refractivity contribution is 0.327. The Balaban J connectivity index is 1.54. The molecule has 2 aliphatic rings. The molecular formula is C14H23N3. The number of aromatic nitrogens is 2. The van der Waals surface area contributed by atoms with E-state index in [2.05, 4.69) is 29.2 Å². The molecule has 2 aliphatic carbocycles. The first-order chi connectivity index (χ1) is 8.33. The molecule has 0 bridgehead atoms. The van der Waals surface area contributed by atoms with Crippen LogP contribution in [-0.2, 0) is 6.54 Å². The summed E-state index contributed by atoms with van der Waals surface area (Å²) in [7, 11) is 0. The third-order valence-corrected chi connectivity index (χ3v) is 4.27. The zero-order valence-corrected chi connectivity index (χ0v) is 10.7. The Morgan fingerprint density at radius 1 is 1.35 bits per heavy atom. The smallest absolute Gasteiger partial charge is 0.0762 e. The second kappa shape index (κ2) is 4.81. The predicted molar refractivity (Wildman–Crippen MR) is 68.8 cm³/mol. The Morgan fingerprint density at radius 2 is 2.12 bits per heavy atom. The van der Waals surface area contributed by atoms with Crippen molar-refractivity contribution < 1.29 is 0 Å². The molecule has 3 nitrogen and oxygen atoms in total. The van der Waals surface area contributed by atoms with Gasteiger partial charge in [0.2, 0.25) is 0 Å². The lowest BCUT2D eigenvalue weighted by Gasteiger charge is -2.21. The van der Waals surface area contributed by atoms with Crippen LogP contribution in [0.5, 0.6) is 0 Å². The van der Waals surface area contributed by atoms with Crippen LogP contribution in [0.15, 0.2) is 12.3 Å². The van der Waals surface area contributed by atoms with Crippen LogP contribution in [0.3, 0.4) is 0 Å². The van der Waals surface area contributed by atoms with E-state index in [-0.39, 0.29) is 0 Å². The zero-order valence-electron chi connectivity index (χ0n) is 10.7. The molecule has 0 radical (unpaired) electrons. The number of hydrogen-bond acceptors (Lipinski definition) is 2. The van der Waals surface area contributed by atoms with Crippen molar-refractivity contribution >= 4 is 0 Å². The van der Waals surface area contributed by atoms with E-state index in [1.807, 2.05) is 0 Å². The summed E-state index contributed by atoms with van der Waals surface area (Å²) in [6, 6.07) is 3.58. The molecule has 2 fully saturated rings. The Bertz CT molecular complexity index is 365. The molecule has 2 saturated carbocycles. The standard InChI is InChI=1S/C14H23N3/c1-11-9-14(11)15-10-12-7-8-17(16-12)13-5-3-2-4-6-13/h7-8,11,13-15H,2-6,9-10H2,1H3. The van der Waals surface area contributed by atoms with Gasteiger partial charge in [-0.2, -0.15) is 5.10 Å². The molecular weight excluding hydrogens is 210 g/mol. The number of nitrogens with zero attached hydrogens (tertiary/aromatic N) is 2. The first kappa shape index (κ1) is 11.3. The quantitative estimate of drug-likeness (QED) is 0.866. The second-order valence-corrected chi connectivity index (χ2v) is 5.78. The Kier molecular flexibility index (Phi) is 3.19. The molecule has 3 rings (SSSR count). The zero-order chi connectivity index (χ0) is 11.7. The molecule has 2 atom stereocenters. The van der Waals surface area contributed by atoms with Gasteiger partial charge in [-0.25, -0.2) is 0 Å². The minimum Gasteiger partial charge on any atom is -0.308 e. The normalized spacial score (nSPS) is 29.5. The fourth-order valence-electron chi connectivity index (χ4n) is 2.86. The highest BCUT2D eigenvalue weighted by molar-refractivity contribution is 5.01. The first-order valence-electron chi connectivity index (χ1n) is 7.10. The minimum absolute atomic E-state index is 0.664. The summed E-state index contributed by atoms with van der Waals surface area (Å²) in [5.41, 5.74) is 1.20. The van der Waals surface area contributed by atoms with Crippen molar-refractivity contribution in [2.75, 3.05) is 0 Å². The van der Waals surface area contributed by atoms with E-state index >= 15 is 0 Å². The molecule has 0 aromatic carbocycles. The summed E-state index contributed by atoms with van der Waals surface area (Å²) in [5, 5.41) is 8.28. The highest BCUT2D eigenvalue weighted by atomic mass is 15.3. The van der Waals surface area contributed by atoms with Crippen molar-refractivity contribution in [3.63, 3.8) is 0 Å². The van der Waals surface area contributed by atoms with Crippen LogP contribution in [0.25, 0.3) is 0 Å². The van der Waals surface area contributed by atoms with Crippen LogP contribution in [0.2, 0.25) is 0 Å². The van der Waals surface area contributed by atoms with E-state index in [1.165, 1.54) is 44.2 Å². The molecule has 2 unspecified atom stereocenters. The first-order valence-corrected chi connectivity index (χ1v) is 7.10. The van der Waals surface area contributed by atoms with Crippen molar-refractivity contribution in [1.29, 1.82) is 0 Å². The molecule has 1 heterocycles. The largest absolute Gasteiger partial charge is 0.308 e. The topological polar surface area (TPSA) is 29.9 Å². The van der Waals surface area contributed by atoms with E-state index in [1.54, 1.807) is 0 Å². The van der Waals surface area contributed by atoms with Crippen LogP contribution in [0.1, 0.15) is 57.2 Å². The molecule has 1 aromatic heterocycles. The van der Waals surface area contributed by atoms with E-state index in [0.29, 0.717) is 6.04 Å². The lowest BCUT2D eigenvalue weighted by atomic mass is 9.96. The van der Waals surface area contributed by atoms with E-state index < -0.39 is 0 Å². The fraction of sp³-hybridized carbons (Fsp3) is 0.786. The van der Waals surface area contributed by atoms with Crippen LogP contribution in [0, 0.1) is 5.92 Å². The monoisotopic (exact) mass is 233 g/mol. The molecule has 0 saturated heterocycles. The van der Waals surface area contributed by atoms with Crippen LogP contribution in [0.4, 0.5) is 0 Å². The highest BCUT2D eigenvalue weighted by Gasteiger charge is 2.31. The average molecular weight is 233 g/mol. The van der Waals surface area contributed by atoms with Crippen molar-refractivity contribution in [2.24, 2.45) is 5.92 Å². The lowest BCUT2D eigenvalue weighted by Crippen LogP contribution is -2.18. The third-order valence-electron chi connectivity index (χ3n) is 4.27. The fourth-order valence-corrected chi connectivity index (χ4v) is 2.86. The van der Waals surface area contributed by atoms with Gasteiger partial charge in [0.25, 0.3) is 0 Å². The molecule has 1 aromatic rings. The van der Waals surface area contributed by atoms with Gasteiger partial charge >= 0.3 is 0 Å². The minimum atomic E-state index is 0.664. The van der Waals surface area contributed by atoms with Crippen LogP contribution < -0.4 is 5.32 Å². The molecule has 1 N–H and O–H groups in total. The van der Waals surface area contributed by atoms with Crippen LogP contribution in [-0.4, -0.2) is 15.8 Å². The maximum Gasteiger partial charge on any atom is 0.0762 e. The average Bonchev–Trinajstić information content (AvgIpc) is 2.90. The molecule has 17 heavy (non-hydrogen) atoms. The summed E-state index contributed by atoms with van der Waals surface area (Å²) in [6.45, 7) is 3.24. The van der Waals surface area contributed by atoms with Gasteiger partial charge in [0, 0.05) is 18.8 Å². The van der Waals surface area contributed by atoms with Gasteiger partial charge in [-0.05, 0) is 31.2 Å². The summed E-state index contributed by atoms with van der Waals surface area (Å²) < 4.78 is 2.20. The van der Waals surface area contributed by atoms with Crippen LogP contribution >= 0.6 is 0 Å². The molecule has 0 aliphatic heterocycles. The molecule has 94 valence electrons. The maximum atomic E-state index is 4.71. The summed E-state index contributed by atoms with van der Waals surface area (Å²) in [5.74, 6) is 0.871. The van der Waals surface area contributed by atoms with Gasteiger partial charge in [-0.1, -0.05) is 26.2 Å². The summed E-state index contributed by atoms with van der Waals surface area (Å²) in [6.07, 6.45) is 10.3. The van der Waals surface area contributed by atoms with E-state index in [0.717, 1.165) is 18.5 Å².